The first-order chi connectivity index (χ1) is 11.6. The number of hydrogen-bond acceptors (Lipinski definition) is 5. The van der Waals surface area contributed by atoms with Gasteiger partial charge in [-0.15, -0.1) is 0 Å². The van der Waals surface area contributed by atoms with Gasteiger partial charge in [0, 0.05) is 12.5 Å². The highest BCUT2D eigenvalue weighted by Gasteiger charge is 2.43. The van der Waals surface area contributed by atoms with E-state index in [1.165, 1.54) is 0 Å². The largest absolute Gasteiger partial charge is 0.389 e. The van der Waals surface area contributed by atoms with Gasteiger partial charge in [-0.3, -0.25) is 14.4 Å². The highest BCUT2D eigenvalue weighted by molar-refractivity contribution is 5.91. The minimum absolute atomic E-state index is 0.0165. The second-order valence-electron chi connectivity index (χ2n) is 7.28. The van der Waals surface area contributed by atoms with E-state index in [2.05, 4.69) is 16.0 Å². The number of nitrogens with one attached hydrogen (secondary N) is 3. The SMILES string of the molecule is O=C1NCC[C@H]1CC[C@H](NC(=O)[C@H]1NC[C@@H]2CCC[C@@H]21)C(=O)CO. The zero-order valence-corrected chi connectivity index (χ0v) is 13.9. The maximum Gasteiger partial charge on any atom is 0.238 e. The summed E-state index contributed by atoms with van der Waals surface area (Å²) >= 11 is 0. The van der Waals surface area contributed by atoms with Crippen LogP contribution >= 0.6 is 0 Å². The van der Waals surface area contributed by atoms with Crippen molar-refractivity contribution in [1.29, 1.82) is 0 Å². The lowest BCUT2D eigenvalue weighted by Gasteiger charge is -2.23. The van der Waals surface area contributed by atoms with Crippen LogP contribution in [0, 0.1) is 17.8 Å². The molecule has 24 heavy (non-hydrogen) atoms. The van der Waals surface area contributed by atoms with Crippen molar-refractivity contribution < 1.29 is 19.5 Å². The molecule has 0 spiro atoms. The predicted molar refractivity (Wildman–Crippen MR) is 87.0 cm³/mol. The number of aliphatic hydroxyl groups is 1. The lowest BCUT2D eigenvalue weighted by Crippen LogP contribution is -2.50. The van der Waals surface area contributed by atoms with E-state index in [1.807, 2.05) is 0 Å². The zero-order chi connectivity index (χ0) is 17.1. The van der Waals surface area contributed by atoms with Crippen molar-refractivity contribution >= 4 is 17.6 Å². The van der Waals surface area contributed by atoms with Gasteiger partial charge in [0.2, 0.25) is 11.8 Å². The van der Waals surface area contributed by atoms with Crippen molar-refractivity contribution in [2.75, 3.05) is 19.7 Å². The number of rotatable bonds is 7. The van der Waals surface area contributed by atoms with Crippen LogP contribution in [0.15, 0.2) is 0 Å². The molecule has 7 nitrogen and oxygen atoms in total. The van der Waals surface area contributed by atoms with Crippen LogP contribution in [-0.2, 0) is 14.4 Å². The third-order valence-corrected chi connectivity index (χ3v) is 5.86. The zero-order valence-electron chi connectivity index (χ0n) is 13.9. The fraction of sp³-hybridized carbons (Fsp3) is 0.824. The van der Waals surface area contributed by atoms with Gasteiger partial charge in [-0.1, -0.05) is 6.42 Å². The Morgan fingerprint density at radius 3 is 2.83 bits per heavy atom. The third kappa shape index (κ3) is 3.62. The number of carbonyl (C=O) groups excluding carboxylic acids is 3. The van der Waals surface area contributed by atoms with Crippen LogP contribution in [0.5, 0.6) is 0 Å². The number of Topliss-reactive ketones (excluding diaryl/α,β-unsaturated/α-hetero) is 1. The molecule has 0 aromatic rings. The summed E-state index contributed by atoms with van der Waals surface area (Å²) in [7, 11) is 0. The minimum atomic E-state index is -0.710. The molecule has 4 N–H and O–H groups in total. The smallest absolute Gasteiger partial charge is 0.238 e. The molecule has 3 rings (SSSR count). The van der Waals surface area contributed by atoms with E-state index < -0.39 is 12.6 Å². The van der Waals surface area contributed by atoms with Gasteiger partial charge in [0.05, 0.1) is 12.1 Å². The molecule has 3 fully saturated rings. The molecule has 0 bridgehead atoms. The molecule has 0 aromatic heterocycles. The Labute approximate surface area is 141 Å². The maximum atomic E-state index is 12.6. The predicted octanol–water partition coefficient (Wildman–Crippen LogP) is -0.663. The average Bonchev–Trinajstić information content (AvgIpc) is 3.27. The van der Waals surface area contributed by atoms with E-state index in [1.54, 1.807) is 0 Å². The molecule has 1 saturated carbocycles. The molecule has 0 radical (unpaired) electrons. The first-order valence-corrected chi connectivity index (χ1v) is 9.05. The number of aliphatic hydroxyl groups excluding tert-OH is 1. The van der Waals surface area contributed by atoms with Gasteiger partial charge in [-0.05, 0) is 50.5 Å². The molecule has 0 aromatic carbocycles. The summed E-state index contributed by atoms with van der Waals surface area (Å²) < 4.78 is 0. The van der Waals surface area contributed by atoms with E-state index in [0.29, 0.717) is 31.2 Å². The van der Waals surface area contributed by atoms with Crippen LogP contribution in [0.3, 0.4) is 0 Å². The van der Waals surface area contributed by atoms with Gasteiger partial charge in [0.15, 0.2) is 5.78 Å². The van der Waals surface area contributed by atoms with E-state index >= 15 is 0 Å². The summed E-state index contributed by atoms with van der Waals surface area (Å²) in [6.07, 6.45) is 5.09. The summed E-state index contributed by atoms with van der Waals surface area (Å²) in [4.78, 5) is 36.2. The highest BCUT2D eigenvalue weighted by Crippen LogP contribution is 2.37. The number of hydrogen-bond donors (Lipinski definition) is 4. The molecular formula is C17H27N3O4. The summed E-state index contributed by atoms with van der Waals surface area (Å²) in [6, 6.07) is -0.945. The van der Waals surface area contributed by atoms with E-state index in [9.17, 15) is 19.5 Å². The fourth-order valence-electron chi connectivity index (χ4n) is 4.45. The van der Waals surface area contributed by atoms with Crippen molar-refractivity contribution in [1.82, 2.24) is 16.0 Å². The molecule has 3 aliphatic rings. The lowest BCUT2D eigenvalue weighted by molar-refractivity contribution is -0.131. The van der Waals surface area contributed by atoms with Crippen molar-refractivity contribution in [3.05, 3.63) is 0 Å². The molecule has 7 heteroatoms. The van der Waals surface area contributed by atoms with Gasteiger partial charge in [0.1, 0.15) is 6.61 Å². The van der Waals surface area contributed by atoms with E-state index in [0.717, 1.165) is 32.2 Å². The monoisotopic (exact) mass is 337 g/mol. The van der Waals surface area contributed by atoms with Crippen molar-refractivity contribution in [2.45, 2.75) is 50.6 Å². The fourth-order valence-corrected chi connectivity index (χ4v) is 4.45. The maximum absolute atomic E-state index is 12.6. The summed E-state index contributed by atoms with van der Waals surface area (Å²) in [6.45, 7) is 0.944. The average molecular weight is 337 g/mol. The molecule has 134 valence electrons. The van der Waals surface area contributed by atoms with Gasteiger partial charge < -0.3 is 21.1 Å². The molecule has 2 heterocycles. The Morgan fingerprint density at radius 2 is 2.12 bits per heavy atom. The van der Waals surface area contributed by atoms with Crippen molar-refractivity contribution in [3.8, 4) is 0 Å². The quantitative estimate of drug-likeness (QED) is 0.493. The van der Waals surface area contributed by atoms with Crippen LogP contribution in [-0.4, -0.2) is 54.5 Å². The second kappa shape index (κ2) is 7.61. The van der Waals surface area contributed by atoms with Gasteiger partial charge in [-0.25, -0.2) is 0 Å². The second-order valence-corrected chi connectivity index (χ2v) is 7.28. The summed E-state index contributed by atoms with van der Waals surface area (Å²) in [5, 5.41) is 18.1. The molecule has 0 unspecified atom stereocenters. The van der Waals surface area contributed by atoms with Crippen LogP contribution < -0.4 is 16.0 Å². The summed E-state index contributed by atoms with van der Waals surface area (Å²) in [5.74, 6) is 0.308. The topological polar surface area (TPSA) is 108 Å². The van der Waals surface area contributed by atoms with Crippen molar-refractivity contribution in [2.24, 2.45) is 17.8 Å². The van der Waals surface area contributed by atoms with Crippen LogP contribution in [0.4, 0.5) is 0 Å². The van der Waals surface area contributed by atoms with Gasteiger partial charge in [-0.2, -0.15) is 0 Å². The number of ketones is 1. The summed E-state index contributed by atoms with van der Waals surface area (Å²) in [5.41, 5.74) is 0. The van der Waals surface area contributed by atoms with Gasteiger partial charge >= 0.3 is 0 Å². The van der Waals surface area contributed by atoms with Crippen LogP contribution in [0.2, 0.25) is 0 Å². The Hall–Kier alpha value is -1.47. The Bertz CT molecular complexity index is 510. The third-order valence-electron chi connectivity index (χ3n) is 5.86. The molecular weight excluding hydrogens is 310 g/mol. The normalized spacial score (nSPS) is 33.1. The number of fused-ring (bicyclic) bond motifs is 1. The van der Waals surface area contributed by atoms with Crippen molar-refractivity contribution in [3.63, 3.8) is 0 Å². The van der Waals surface area contributed by atoms with Crippen LogP contribution in [0.25, 0.3) is 0 Å². The van der Waals surface area contributed by atoms with Gasteiger partial charge in [0.25, 0.3) is 0 Å². The highest BCUT2D eigenvalue weighted by atomic mass is 16.3. The van der Waals surface area contributed by atoms with E-state index in [4.69, 9.17) is 0 Å². The first kappa shape index (κ1) is 17.4. The molecule has 1 aliphatic carbocycles. The minimum Gasteiger partial charge on any atom is -0.389 e. The molecule has 2 aliphatic heterocycles. The Kier molecular flexibility index (Phi) is 5.50. The number of carbonyl (C=O) groups is 3. The Morgan fingerprint density at radius 1 is 1.29 bits per heavy atom. The number of amides is 2. The Balaban J connectivity index is 1.56. The molecule has 2 amide bonds. The molecule has 5 atom stereocenters. The molecule has 2 saturated heterocycles. The van der Waals surface area contributed by atoms with Crippen LogP contribution in [0.1, 0.15) is 38.5 Å². The lowest BCUT2D eigenvalue weighted by atomic mass is 9.92. The van der Waals surface area contributed by atoms with E-state index in [-0.39, 0.29) is 29.6 Å². The first-order valence-electron chi connectivity index (χ1n) is 9.05. The standard InChI is InChI=1S/C17H27N3O4/c21-9-14(22)13(5-4-10-6-7-18-16(10)23)20-17(24)15-12-3-1-2-11(12)8-19-15/h10-13,15,19,21H,1-9H2,(H,18,23)(H,20,24)/t10-,11+,12+,13+,15+/m1/s1.